The minimum Gasteiger partial charge on any atom is -0.550 e. The first-order valence-electron chi connectivity index (χ1n) is 12.1. The maximum atomic E-state index is 11.0. The van der Waals surface area contributed by atoms with Crippen LogP contribution in [0.3, 0.4) is 0 Å². The third-order valence-electron chi connectivity index (χ3n) is 5.68. The van der Waals surface area contributed by atoms with E-state index in [2.05, 4.69) is 18.7 Å². The van der Waals surface area contributed by atoms with Gasteiger partial charge in [0.25, 0.3) is 0 Å². The number of rotatable bonds is 21. The van der Waals surface area contributed by atoms with Gasteiger partial charge >= 0.3 is 29.6 Å². The standard InChI is InChI=1S/C24H49NO2.Na/c1-4-6-8-10-12-14-16-18-20-25(23(3)22-24(26)27)21-19-17-15-13-11-9-7-5-2;/h23H,4-22H2,1-3H3,(H,26,27);/q;+1/p-1. The van der Waals surface area contributed by atoms with Crippen molar-refractivity contribution in [2.75, 3.05) is 13.1 Å². The molecule has 0 aliphatic carbocycles. The van der Waals surface area contributed by atoms with Crippen molar-refractivity contribution in [3.05, 3.63) is 0 Å². The molecule has 0 N–H and O–H groups in total. The molecule has 0 aromatic carbocycles. The first kappa shape index (κ1) is 30.6. The Morgan fingerprint density at radius 1 is 0.679 bits per heavy atom. The summed E-state index contributed by atoms with van der Waals surface area (Å²) in [6.45, 7) is 8.65. The van der Waals surface area contributed by atoms with E-state index in [1.165, 1.54) is 103 Å². The van der Waals surface area contributed by atoms with E-state index in [9.17, 15) is 9.90 Å². The SMILES string of the molecule is CCCCCCCCCCN(CCCCCCCCCC)C(C)CC(=O)[O-].[Na+]. The van der Waals surface area contributed by atoms with Gasteiger partial charge in [-0.25, -0.2) is 0 Å². The quantitative estimate of drug-likeness (QED) is 0.218. The molecule has 0 heterocycles. The first-order chi connectivity index (χ1) is 13.1. The minimum absolute atomic E-state index is 0. The zero-order valence-electron chi connectivity index (χ0n) is 19.8. The number of aliphatic carboxylic acids is 1. The van der Waals surface area contributed by atoms with Gasteiger partial charge in [0, 0.05) is 18.4 Å². The van der Waals surface area contributed by atoms with E-state index in [0.29, 0.717) is 0 Å². The van der Waals surface area contributed by atoms with Gasteiger partial charge in [-0.2, -0.15) is 0 Å². The number of carboxylic acids is 1. The third kappa shape index (κ3) is 21.1. The molecule has 0 aliphatic rings. The summed E-state index contributed by atoms with van der Waals surface area (Å²) in [6, 6.07) is 0.101. The zero-order chi connectivity index (χ0) is 20.2. The largest absolute Gasteiger partial charge is 1.00 e. The normalized spacial score (nSPS) is 12.1. The monoisotopic (exact) mass is 405 g/mol. The van der Waals surface area contributed by atoms with Gasteiger partial charge in [-0.1, -0.05) is 104 Å². The predicted octanol–water partition coefficient (Wildman–Crippen LogP) is 3.10. The number of carbonyl (C=O) groups excluding carboxylic acids is 1. The zero-order valence-corrected chi connectivity index (χ0v) is 21.8. The fraction of sp³-hybridized carbons (Fsp3) is 0.958. The Bertz CT molecular complexity index is 306. The van der Waals surface area contributed by atoms with Crippen molar-refractivity contribution in [1.29, 1.82) is 0 Å². The van der Waals surface area contributed by atoms with E-state index in [-0.39, 0.29) is 42.0 Å². The van der Waals surface area contributed by atoms with Crippen molar-refractivity contribution in [3.63, 3.8) is 0 Å². The first-order valence-corrected chi connectivity index (χ1v) is 12.1. The van der Waals surface area contributed by atoms with Crippen LogP contribution in [0.15, 0.2) is 0 Å². The molecule has 0 aliphatic heterocycles. The van der Waals surface area contributed by atoms with Gasteiger partial charge in [0.1, 0.15) is 0 Å². The Morgan fingerprint density at radius 2 is 1.00 bits per heavy atom. The molecule has 3 nitrogen and oxygen atoms in total. The molecular formula is C24H48NNaO2. The van der Waals surface area contributed by atoms with Crippen molar-refractivity contribution in [2.24, 2.45) is 0 Å². The summed E-state index contributed by atoms with van der Waals surface area (Å²) >= 11 is 0. The topological polar surface area (TPSA) is 43.4 Å². The molecule has 0 aromatic rings. The van der Waals surface area contributed by atoms with E-state index in [0.717, 1.165) is 13.1 Å². The Labute approximate surface area is 198 Å². The van der Waals surface area contributed by atoms with Crippen LogP contribution in [0, 0.1) is 0 Å². The molecule has 162 valence electrons. The molecule has 0 amide bonds. The molecule has 0 saturated heterocycles. The maximum absolute atomic E-state index is 11.0. The molecule has 28 heavy (non-hydrogen) atoms. The Kier molecular flexibility index (Phi) is 25.9. The number of nitrogens with zero attached hydrogens (tertiary/aromatic N) is 1. The average Bonchev–Trinajstić information content (AvgIpc) is 2.63. The van der Waals surface area contributed by atoms with Gasteiger partial charge in [-0.05, 0) is 32.9 Å². The van der Waals surface area contributed by atoms with Crippen LogP contribution in [0.2, 0.25) is 0 Å². The summed E-state index contributed by atoms with van der Waals surface area (Å²) in [5.41, 5.74) is 0. The van der Waals surface area contributed by atoms with Crippen molar-refractivity contribution in [3.8, 4) is 0 Å². The van der Waals surface area contributed by atoms with Gasteiger partial charge in [0.2, 0.25) is 0 Å². The summed E-state index contributed by atoms with van der Waals surface area (Å²) in [6.07, 6.45) is 21.3. The van der Waals surface area contributed by atoms with Crippen LogP contribution in [0.1, 0.15) is 130 Å². The van der Waals surface area contributed by atoms with Crippen LogP contribution in [0.5, 0.6) is 0 Å². The van der Waals surface area contributed by atoms with Crippen LogP contribution in [0.25, 0.3) is 0 Å². The molecule has 0 rings (SSSR count). The van der Waals surface area contributed by atoms with Crippen LogP contribution in [-0.4, -0.2) is 30.0 Å². The minimum atomic E-state index is -0.917. The number of hydrogen-bond acceptors (Lipinski definition) is 3. The van der Waals surface area contributed by atoms with Crippen LogP contribution < -0.4 is 34.7 Å². The van der Waals surface area contributed by atoms with Crippen molar-refractivity contribution >= 4 is 5.97 Å². The third-order valence-corrected chi connectivity index (χ3v) is 5.68. The average molecular weight is 406 g/mol. The van der Waals surface area contributed by atoms with Gasteiger partial charge in [0.05, 0.1) is 0 Å². The van der Waals surface area contributed by atoms with E-state index in [1.54, 1.807) is 0 Å². The van der Waals surface area contributed by atoms with E-state index < -0.39 is 5.97 Å². The second-order valence-electron chi connectivity index (χ2n) is 8.41. The molecule has 1 atom stereocenters. The van der Waals surface area contributed by atoms with Crippen molar-refractivity contribution in [2.45, 2.75) is 136 Å². The maximum Gasteiger partial charge on any atom is 1.00 e. The fourth-order valence-corrected chi connectivity index (χ4v) is 3.82. The number of carboxylic acid groups (broad SMARTS) is 1. The van der Waals surface area contributed by atoms with E-state index in [1.807, 2.05) is 6.92 Å². The summed E-state index contributed by atoms with van der Waals surface area (Å²) in [5, 5.41) is 11.0. The predicted molar refractivity (Wildman–Crippen MR) is 116 cm³/mol. The van der Waals surface area contributed by atoms with Crippen molar-refractivity contribution in [1.82, 2.24) is 4.90 Å². The summed E-state index contributed by atoms with van der Waals surface area (Å²) in [5.74, 6) is -0.917. The molecule has 0 aromatic heterocycles. The molecule has 0 saturated carbocycles. The summed E-state index contributed by atoms with van der Waals surface area (Å²) in [4.78, 5) is 13.4. The van der Waals surface area contributed by atoms with Crippen LogP contribution in [-0.2, 0) is 4.79 Å². The van der Waals surface area contributed by atoms with Crippen LogP contribution >= 0.6 is 0 Å². The number of unbranched alkanes of at least 4 members (excludes halogenated alkanes) is 14. The van der Waals surface area contributed by atoms with E-state index in [4.69, 9.17) is 0 Å². The Hall–Kier alpha value is 0.430. The molecule has 1 unspecified atom stereocenters. The second kappa shape index (κ2) is 23.7. The Morgan fingerprint density at radius 3 is 1.32 bits per heavy atom. The second-order valence-corrected chi connectivity index (χ2v) is 8.41. The van der Waals surface area contributed by atoms with Gasteiger partial charge in [-0.15, -0.1) is 0 Å². The van der Waals surface area contributed by atoms with Crippen LogP contribution in [0.4, 0.5) is 0 Å². The van der Waals surface area contributed by atoms with Crippen molar-refractivity contribution < 1.29 is 39.5 Å². The summed E-state index contributed by atoms with van der Waals surface area (Å²) in [7, 11) is 0. The molecule has 0 spiro atoms. The fourth-order valence-electron chi connectivity index (χ4n) is 3.82. The molecule has 0 radical (unpaired) electrons. The molecule has 4 heteroatoms. The Balaban J connectivity index is 0. The molecule has 0 bridgehead atoms. The molecular weight excluding hydrogens is 357 g/mol. The number of carbonyl (C=O) groups is 1. The smallest absolute Gasteiger partial charge is 0.550 e. The summed E-state index contributed by atoms with van der Waals surface area (Å²) < 4.78 is 0. The van der Waals surface area contributed by atoms with E-state index >= 15 is 0 Å². The van der Waals surface area contributed by atoms with Gasteiger partial charge in [0.15, 0.2) is 0 Å². The van der Waals surface area contributed by atoms with Gasteiger partial charge in [-0.3, -0.25) is 0 Å². The van der Waals surface area contributed by atoms with Gasteiger partial charge < -0.3 is 14.8 Å². The molecule has 0 fully saturated rings. The number of hydrogen-bond donors (Lipinski definition) is 0.